The Hall–Kier alpha value is -1.85. The molecular weight excluding hydrogens is 216 g/mol. The molecular formula is C10H14O6. The second kappa shape index (κ2) is 4.34. The Bertz CT molecular complexity index is 305. The van der Waals surface area contributed by atoms with Crippen LogP contribution in [0.4, 0.5) is 0 Å². The van der Waals surface area contributed by atoms with Crippen molar-refractivity contribution in [3.05, 3.63) is 12.7 Å². The second-order valence-corrected chi connectivity index (χ2v) is 4.19. The predicted octanol–water partition coefficient (Wildman–Crippen LogP) is 0.829. The molecule has 0 aromatic carbocycles. The van der Waals surface area contributed by atoms with Gasteiger partial charge in [0, 0.05) is 0 Å². The first-order chi connectivity index (χ1) is 7.10. The van der Waals surface area contributed by atoms with Gasteiger partial charge in [-0.2, -0.15) is 0 Å². The van der Waals surface area contributed by atoms with E-state index < -0.39 is 35.2 Å². The molecule has 90 valence electrons. The Kier molecular flexibility index (Phi) is 3.84. The molecule has 0 aliphatic heterocycles. The van der Waals surface area contributed by atoms with Crippen LogP contribution < -0.4 is 0 Å². The lowest BCUT2D eigenvalue weighted by molar-refractivity contribution is -0.177. The average molecular weight is 230 g/mol. The van der Waals surface area contributed by atoms with Crippen LogP contribution in [0.3, 0.4) is 0 Å². The topological polar surface area (TPSA) is 112 Å². The van der Waals surface area contributed by atoms with E-state index in [0.717, 1.165) is 0 Å². The Morgan fingerprint density at radius 1 is 1.06 bits per heavy atom. The van der Waals surface area contributed by atoms with Gasteiger partial charge in [0.1, 0.15) is 0 Å². The summed E-state index contributed by atoms with van der Waals surface area (Å²) in [6.45, 7) is 6.45. The van der Waals surface area contributed by atoms with Crippen molar-refractivity contribution >= 4 is 17.9 Å². The number of carboxylic acids is 3. The first kappa shape index (κ1) is 14.2. The molecule has 0 bridgehead atoms. The molecule has 0 heterocycles. The SMILES string of the molecule is C=CC(C)(C)CC(C(=O)O)(C(=O)O)C(=O)O. The van der Waals surface area contributed by atoms with E-state index in [-0.39, 0.29) is 0 Å². The zero-order valence-electron chi connectivity index (χ0n) is 9.06. The molecule has 0 aliphatic rings. The zero-order chi connectivity index (χ0) is 13.1. The van der Waals surface area contributed by atoms with Crippen LogP contribution in [0.5, 0.6) is 0 Å². The highest BCUT2D eigenvalue weighted by Gasteiger charge is 2.56. The van der Waals surface area contributed by atoms with Crippen molar-refractivity contribution in [3.8, 4) is 0 Å². The summed E-state index contributed by atoms with van der Waals surface area (Å²) in [5, 5.41) is 26.5. The smallest absolute Gasteiger partial charge is 0.332 e. The van der Waals surface area contributed by atoms with Crippen molar-refractivity contribution < 1.29 is 29.7 Å². The van der Waals surface area contributed by atoms with Gasteiger partial charge in [-0.1, -0.05) is 19.9 Å². The van der Waals surface area contributed by atoms with E-state index in [1.54, 1.807) is 0 Å². The minimum absolute atomic E-state index is 0.566. The maximum atomic E-state index is 10.9. The third-order valence-corrected chi connectivity index (χ3v) is 2.37. The number of rotatable bonds is 6. The average Bonchev–Trinajstić information content (AvgIpc) is 2.12. The maximum Gasteiger partial charge on any atom is 0.332 e. The highest BCUT2D eigenvalue weighted by molar-refractivity contribution is 6.16. The van der Waals surface area contributed by atoms with E-state index >= 15 is 0 Å². The number of hydrogen-bond donors (Lipinski definition) is 3. The fourth-order valence-corrected chi connectivity index (χ4v) is 1.26. The van der Waals surface area contributed by atoms with E-state index in [1.165, 1.54) is 19.9 Å². The van der Waals surface area contributed by atoms with Gasteiger partial charge in [0.25, 0.3) is 5.41 Å². The normalized spacial score (nSPS) is 11.9. The van der Waals surface area contributed by atoms with Crippen molar-refractivity contribution in [3.63, 3.8) is 0 Å². The van der Waals surface area contributed by atoms with Crippen LogP contribution in [-0.4, -0.2) is 33.2 Å². The van der Waals surface area contributed by atoms with E-state index in [9.17, 15) is 14.4 Å². The lowest BCUT2D eigenvalue weighted by Gasteiger charge is -2.28. The molecule has 0 atom stereocenters. The summed E-state index contributed by atoms with van der Waals surface area (Å²) in [5.74, 6) is -5.66. The van der Waals surface area contributed by atoms with Crippen LogP contribution >= 0.6 is 0 Å². The van der Waals surface area contributed by atoms with Gasteiger partial charge in [-0.15, -0.1) is 6.58 Å². The van der Waals surface area contributed by atoms with Crippen LogP contribution in [0.15, 0.2) is 12.7 Å². The number of hydrogen-bond acceptors (Lipinski definition) is 3. The maximum absolute atomic E-state index is 10.9. The van der Waals surface area contributed by atoms with Gasteiger partial charge in [0.05, 0.1) is 0 Å². The molecule has 0 saturated carbocycles. The molecule has 0 aromatic heterocycles. The molecule has 6 nitrogen and oxygen atoms in total. The molecule has 6 heteroatoms. The van der Waals surface area contributed by atoms with E-state index in [2.05, 4.69) is 6.58 Å². The summed E-state index contributed by atoms with van der Waals surface area (Å²) in [4.78, 5) is 32.7. The molecule has 0 spiro atoms. The molecule has 0 saturated heterocycles. The van der Waals surface area contributed by atoms with E-state index in [4.69, 9.17) is 15.3 Å². The molecule has 16 heavy (non-hydrogen) atoms. The van der Waals surface area contributed by atoms with Crippen LogP contribution in [0, 0.1) is 10.8 Å². The summed E-state index contributed by atoms with van der Waals surface area (Å²) in [5.41, 5.74) is -3.74. The summed E-state index contributed by atoms with van der Waals surface area (Å²) >= 11 is 0. The van der Waals surface area contributed by atoms with Gasteiger partial charge >= 0.3 is 17.9 Å². The van der Waals surface area contributed by atoms with Crippen molar-refractivity contribution in [2.75, 3.05) is 0 Å². The standard InChI is InChI=1S/C10H14O6/c1-4-9(2,3)5-10(6(11)12,7(13)14)8(15)16/h4H,1,5H2,2-3H3,(H,11,12)(H,13,14)(H,15,16). The second-order valence-electron chi connectivity index (χ2n) is 4.19. The zero-order valence-corrected chi connectivity index (χ0v) is 9.06. The monoisotopic (exact) mass is 230 g/mol. The quantitative estimate of drug-likeness (QED) is 0.460. The lowest BCUT2D eigenvalue weighted by Crippen LogP contribution is -2.48. The molecule has 0 aliphatic carbocycles. The Labute approximate surface area is 92.2 Å². The van der Waals surface area contributed by atoms with Gasteiger partial charge < -0.3 is 15.3 Å². The van der Waals surface area contributed by atoms with Gasteiger partial charge in [0.2, 0.25) is 0 Å². The van der Waals surface area contributed by atoms with E-state index in [0.29, 0.717) is 0 Å². The number of aliphatic carboxylic acids is 3. The number of allylic oxidation sites excluding steroid dienone is 1. The van der Waals surface area contributed by atoms with Crippen LogP contribution in [0.2, 0.25) is 0 Å². The van der Waals surface area contributed by atoms with E-state index in [1.807, 2.05) is 0 Å². The van der Waals surface area contributed by atoms with Crippen molar-refractivity contribution in [1.82, 2.24) is 0 Å². The summed E-state index contributed by atoms with van der Waals surface area (Å²) in [6.07, 6.45) is 0.764. The largest absolute Gasteiger partial charge is 0.480 e. The number of carbonyl (C=O) groups is 3. The van der Waals surface area contributed by atoms with Crippen molar-refractivity contribution in [2.24, 2.45) is 10.8 Å². The minimum Gasteiger partial charge on any atom is -0.480 e. The van der Waals surface area contributed by atoms with Gasteiger partial charge in [-0.3, -0.25) is 14.4 Å². The molecule has 3 N–H and O–H groups in total. The lowest BCUT2D eigenvalue weighted by atomic mass is 9.72. The fraction of sp³-hybridized carbons (Fsp3) is 0.500. The minimum atomic E-state index is -2.84. The Balaban J connectivity index is 5.57. The van der Waals surface area contributed by atoms with Crippen molar-refractivity contribution in [1.29, 1.82) is 0 Å². The van der Waals surface area contributed by atoms with Gasteiger partial charge in [0.15, 0.2) is 0 Å². The summed E-state index contributed by atoms with van der Waals surface area (Å²) in [7, 11) is 0. The molecule has 0 aromatic rings. The third-order valence-electron chi connectivity index (χ3n) is 2.37. The van der Waals surface area contributed by atoms with Gasteiger partial charge in [-0.05, 0) is 11.8 Å². The summed E-state index contributed by atoms with van der Waals surface area (Å²) < 4.78 is 0. The first-order valence-electron chi connectivity index (χ1n) is 4.44. The molecule has 0 amide bonds. The number of carboxylic acid groups (broad SMARTS) is 3. The van der Waals surface area contributed by atoms with Crippen LogP contribution in [-0.2, 0) is 14.4 Å². The highest BCUT2D eigenvalue weighted by Crippen LogP contribution is 2.36. The van der Waals surface area contributed by atoms with Crippen molar-refractivity contribution in [2.45, 2.75) is 20.3 Å². The van der Waals surface area contributed by atoms with Crippen LogP contribution in [0.25, 0.3) is 0 Å². The Morgan fingerprint density at radius 3 is 1.56 bits per heavy atom. The molecule has 0 radical (unpaired) electrons. The Morgan fingerprint density at radius 2 is 1.38 bits per heavy atom. The van der Waals surface area contributed by atoms with Crippen LogP contribution in [0.1, 0.15) is 20.3 Å². The molecule has 0 rings (SSSR count). The third kappa shape index (κ3) is 2.39. The summed E-state index contributed by atoms with van der Waals surface area (Å²) in [6, 6.07) is 0. The highest BCUT2D eigenvalue weighted by atomic mass is 16.4. The fourth-order valence-electron chi connectivity index (χ4n) is 1.26. The van der Waals surface area contributed by atoms with Gasteiger partial charge in [-0.25, -0.2) is 0 Å². The first-order valence-corrected chi connectivity index (χ1v) is 4.44. The molecule has 0 unspecified atom stereocenters. The predicted molar refractivity (Wildman–Crippen MR) is 53.9 cm³/mol. The molecule has 0 fully saturated rings.